The summed E-state index contributed by atoms with van der Waals surface area (Å²) in [5.74, 6) is -4.41. The third-order valence-electron chi connectivity index (χ3n) is 19.7. The van der Waals surface area contributed by atoms with Gasteiger partial charge in [-0.1, -0.05) is 49.4 Å². The Morgan fingerprint density at radius 3 is 2.35 bits per heavy atom. The fourth-order valence-electron chi connectivity index (χ4n) is 16.2. The number of aromatic carboxylic acids is 1. The largest absolute Gasteiger partial charge is 0.491 e. The Hall–Kier alpha value is -8.98. The number of benzene rings is 3. The topological polar surface area (TPSA) is 394 Å². The van der Waals surface area contributed by atoms with E-state index in [0.717, 1.165) is 76.2 Å². The zero-order chi connectivity index (χ0) is 70.8. The molecule has 1 saturated heterocycles. The van der Waals surface area contributed by atoms with Crippen molar-refractivity contribution in [1.29, 1.82) is 0 Å². The summed E-state index contributed by atoms with van der Waals surface area (Å²) in [7, 11) is 0. The van der Waals surface area contributed by atoms with E-state index in [2.05, 4.69) is 29.5 Å². The molecule has 7 aliphatic rings. The minimum atomic E-state index is -1.97. The first-order chi connectivity index (χ1) is 47.8. The SMILES string of the molecule is Cc1c(-c2ccc(N3CCc4cccc(C(=O)Nc5nc6ccccc6s5)c4C3)nc2C(=O)O)cnn1CC12CC3(C)CC(C)(C1)CC(OCCN(CC[C@H](O)CO)C(=O)OCc1ccc(O[C@@H]4O[C@H](C(=O)O)[C@@H](O)[C@H](O)[C@H]4O)cc1OCCOCCNC(=O)CN1C(=O)C=CC1=O)(C3)C2. The third kappa shape index (κ3) is 15.5. The quantitative estimate of drug-likeness (QED) is 0.0229. The van der Waals surface area contributed by atoms with Gasteiger partial charge in [-0.2, -0.15) is 5.10 Å². The van der Waals surface area contributed by atoms with Crippen molar-refractivity contribution >= 4 is 74.2 Å². The molecule has 5 amide bonds. The maximum absolute atomic E-state index is 14.3. The molecule has 4 bridgehead atoms. The number of carboxylic acid groups (broad SMARTS) is 2. The number of amides is 5. The van der Waals surface area contributed by atoms with Gasteiger partial charge in [0.15, 0.2) is 16.9 Å². The lowest BCUT2D eigenvalue weighted by Gasteiger charge is -2.69. The van der Waals surface area contributed by atoms with Gasteiger partial charge >= 0.3 is 18.0 Å². The first-order valence-corrected chi connectivity index (χ1v) is 34.0. The number of carbonyl (C=O) groups excluding carboxylic acids is 5. The molecule has 6 aromatic rings. The van der Waals surface area contributed by atoms with Crippen LogP contribution in [0.3, 0.4) is 0 Å². The molecule has 0 radical (unpaired) electrons. The number of aliphatic hydroxyl groups is 5. The van der Waals surface area contributed by atoms with E-state index >= 15 is 0 Å². The smallest absolute Gasteiger partial charge is 0.410 e. The number of hydrogen-bond acceptors (Lipinski definition) is 23. The van der Waals surface area contributed by atoms with Gasteiger partial charge in [0.2, 0.25) is 12.2 Å². The highest BCUT2D eigenvalue weighted by Gasteiger charge is 2.66. The number of para-hydroxylation sites is 1. The van der Waals surface area contributed by atoms with Gasteiger partial charge in [0, 0.05) is 85.4 Å². The van der Waals surface area contributed by atoms with Crippen molar-refractivity contribution in [3.05, 3.63) is 125 Å². The number of ether oxygens (including phenoxy) is 6. The number of rotatable bonds is 29. The van der Waals surface area contributed by atoms with Gasteiger partial charge < -0.3 is 79.3 Å². The van der Waals surface area contributed by atoms with Gasteiger partial charge in [-0.05, 0) is 128 Å². The molecular formula is C70H81N9O20S. The van der Waals surface area contributed by atoms with E-state index in [1.165, 1.54) is 34.4 Å². The molecule has 9 N–H and O–H groups in total. The van der Waals surface area contributed by atoms with Crippen LogP contribution in [0, 0.1) is 23.2 Å². The molecule has 3 aromatic heterocycles. The average molecular weight is 1400 g/mol. The average Bonchev–Trinajstić information content (AvgIpc) is 0.926. The molecule has 3 aliphatic heterocycles. The van der Waals surface area contributed by atoms with Crippen LogP contribution in [-0.4, -0.2) is 215 Å². The Labute approximate surface area is 578 Å². The van der Waals surface area contributed by atoms with Gasteiger partial charge in [0.05, 0.1) is 54.5 Å². The Kier molecular flexibility index (Phi) is 20.8. The van der Waals surface area contributed by atoms with E-state index in [9.17, 15) is 69.3 Å². The Morgan fingerprint density at radius 2 is 1.61 bits per heavy atom. The molecule has 29 nitrogen and oxygen atoms in total. The number of aliphatic hydroxyl groups excluding tert-OH is 5. The van der Waals surface area contributed by atoms with Gasteiger partial charge in [0.25, 0.3) is 17.7 Å². The predicted octanol–water partition coefficient (Wildman–Crippen LogP) is 4.60. The third-order valence-corrected chi connectivity index (χ3v) is 20.6. The number of pyridine rings is 1. The van der Waals surface area contributed by atoms with Crippen LogP contribution in [0.15, 0.2) is 91.1 Å². The number of thiazole rings is 1. The molecule has 13 rings (SSSR count). The molecule has 5 fully saturated rings. The second kappa shape index (κ2) is 29.3. The molecule has 2 unspecified atom stereocenters. The molecule has 0 spiro atoms. The zero-order valence-electron chi connectivity index (χ0n) is 55.5. The Morgan fingerprint density at radius 1 is 0.840 bits per heavy atom. The summed E-state index contributed by atoms with van der Waals surface area (Å²) in [6, 6.07) is 21.1. The van der Waals surface area contributed by atoms with Crippen LogP contribution in [-0.2, 0) is 64.2 Å². The highest BCUT2D eigenvalue weighted by molar-refractivity contribution is 7.22. The summed E-state index contributed by atoms with van der Waals surface area (Å²) in [6.07, 6.45) is -1.97. The minimum absolute atomic E-state index is 0.00134. The summed E-state index contributed by atoms with van der Waals surface area (Å²) in [4.78, 5) is 103. The monoisotopic (exact) mass is 1400 g/mol. The van der Waals surface area contributed by atoms with Crippen molar-refractivity contribution in [2.75, 3.05) is 76.0 Å². The lowest BCUT2D eigenvalue weighted by atomic mass is 9.39. The number of nitrogens with zero attached hydrogens (tertiary/aromatic N) is 7. The Bertz CT molecular complexity index is 4070. The van der Waals surface area contributed by atoms with Crippen molar-refractivity contribution < 1.29 is 97.7 Å². The fourth-order valence-corrected chi connectivity index (χ4v) is 17.1. The lowest BCUT2D eigenvalue weighted by molar-refractivity contribution is -0.271. The number of hydrogen-bond donors (Lipinski definition) is 9. The molecule has 6 heterocycles. The highest BCUT2D eigenvalue weighted by Crippen LogP contribution is 2.72. The molecule has 100 heavy (non-hydrogen) atoms. The van der Waals surface area contributed by atoms with E-state index in [1.54, 1.807) is 18.3 Å². The molecule has 8 atom stereocenters. The predicted molar refractivity (Wildman–Crippen MR) is 357 cm³/mol. The van der Waals surface area contributed by atoms with Crippen LogP contribution in [0.25, 0.3) is 21.3 Å². The summed E-state index contributed by atoms with van der Waals surface area (Å²) >= 11 is 1.40. The number of aromatic nitrogens is 4. The first-order valence-electron chi connectivity index (χ1n) is 33.2. The maximum atomic E-state index is 14.3. The number of carboxylic acids is 2. The van der Waals surface area contributed by atoms with Crippen molar-refractivity contribution in [1.82, 2.24) is 34.9 Å². The summed E-state index contributed by atoms with van der Waals surface area (Å²) in [6.45, 7) is 6.51. The minimum Gasteiger partial charge on any atom is -0.491 e. The number of anilines is 2. The van der Waals surface area contributed by atoms with E-state index in [0.29, 0.717) is 65.7 Å². The van der Waals surface area contributed by atoms with E-state index in [1.807, 2.05) is 59.0 Å². The van der Waals surface area contributed by atoms with E-state index in [4.69, 9.17) is 38.5 Å². The van der Waals surface area contributed by atoms with Crippen LogP contribution < -0.4 is 25.0 Å². The molecule has 4 saturated carbocycles. The molecule has 4 aliphatic carbocycles. The van der Waals surface area contributed by atoms with Gasteiger partial charge in [-0.3, -0.25) is 34.1 Å². The number of imide groups is 1. The van der Waals surface area contributed by atoms with Gasteiger partial charge in [0.1, 0.15) is 55.4 Å². The second-order valence-corrected chi connectivity index (χ2v) is 28.7. The van der Waals surface area contributed by atoms with Crippen LogP contribution in [0.5, 0.6) is 11.5 Å². The van der Waals surface area contributed by atoms with Crippen molar-refractivity contribution in [2.45, 2.75) is 134 Å². The van der Waals surface area contributed by atoms with Crippen LogP contribution in [0.4, 0.5) is 15.7 Å². The first kappa shape index (κ1) is 70.9. The summed E-state index contributed by atoms with van der Waals surface area (Å²) in [5.41, 5.74) is 4.07. The van der Waals surface area contributed by atoms with Crippen molar-refractivity contribution in [3.8, 4) is 22.6 Å². The molecule has 532 valence electrons. The maximum Gasteiger partial charge on any atom is 0.410 e. The zero-order valence-corrected chi connectivity index (χ0v) is 56.3. The summed E-state index contributed by atoms with van der Waals surface area (Å²) in [5, 5.41) is 83.1. The van der Waals surface area contributed by atoms with Crippen molar-refractivity contribution in [2.24, 2.45) is 16.2 Å². The van der Waals surface area contributed by atoms with Crippen LogP contribution >= 0.6 is 11.3 Å². The number of nitrogens with one attached hydrogen (secondary N) is 2. The van der Waals surface area contributed by atoms with Gasteiger partial charge in [-0.25, -0.2) is 24.4 Å². The standard InChI is InChI=1S/C70H81N9O20S/c1-40-47(45-13-14-52(74-56(45)62(89)90)77-20-17-41-7-6-8-46(48(41)29-77)61(88)75-65-73-49-9-4-5-10-51(49)100-65)28-72-79(40)39-69-34-67(2)33-68(3,35-69)37-70(36-67,38-69)97-24-22-76(21-18-43(81)31-80)66(93)96-32-42-11-12-44(98-64-59(87)57(85)58(86)60(99-64)63(91)92)27-50(42)95-26-25-94-23-19-71-53(82)30-78-54(83)15-16-55(78)84/h4-16,27-28,43,57-60,64,80-81,85-87H,17-26,29-39H2,1-3H3,(H,71,82)(H,89,90)(H,91,92)(H,73,75,88)/t43-,57-,58-,59+,60-,64+,67?,68?,69?,70?/m0/s1. The van der Waals surface area contributed by atoms with Crippen LogP contribution in [0.1, 0.15) is 102 Å². The van der Waals surface area contributed by atoms with Crippen molar-refractivity contribution in [3.63, 3.8) is 0 Å². The summed E-state index contributed by atoms with van der Waals surface area (Å²) < 4.78 is 38.7. The highest BCUT2D eigenvalue weighted by atomic mass is 32.1. The lowest BCUT2D eigenvalue weighted by Crippen LogP contribution is -2.64. The number of fused-ring (bicyclic) bond motifs is 2. The van der Waals surface area contributed by atoms with E-state index < -0.39 is 97.9 Å². The fraction of sp³-hybridized carbons (Fsp3) is 0.486. The molecule has 3 aromatic carbocycles. The Balaban J connectivity index is 0.700. The molecule has 30 heteroatoms. The van der Waals surface area contributed by atoms with Gasteiger partial charge in [-0.15, -0.1) is 0 Å². The number of aliphatic carboxylic acids is 1. The van der Waals surface area contributed by atoms with E-state index in [-0.39, 0.29) is 91.8 Å². The second-order valence-electron chi connectivity index (χ2n) is 27.6. The number of carbonyl (C=O) groups is 7. The van der Waals surface area contributed by atoms with Crippen LogP contribution in [0.2, 0.25) is 0 Å². The normalized spacial score (nSPS) is 25.4. The molecular weight excluding hydrogens is 1320 g/mol.